The predicted octanol–water partition coefficient (Wildman–Crippen LogP) is 2.67. The molecule has 0 saturated carbocycles. The van der Waals surface area contributed by atoms with Crippen molar-refractivity contribution in [3.05, 3.63) is 59.8 Å². The lowest BCUT2D eigenvalue weighted by Gasteiger charge is -2.11. The Kier molecular flexibility index (Phi) is 12.2. The lowest BCUT2D eigenvalue weighted by atomic mass is 10.2. The average Bonchev–Trinajstić information content (AvgIpc) is 2.86. The second kappa shape index (κ2) is 15.6. The van der Waals surface area contributed by atoms with Gasteiger partial charge in [0.25, 0.3) is 0 Å². The molecular formula is C26H34N8O2. The zero-order chi connectivity index (χ0) is 26.2. The molecule has 0 saturated heterocycles. The first-order chi connectivity index (χ1) is 17.4. The topological polar surface area (TPSA) is 135 Å². The Bertz CT molecular complexity index is 1090. The van der Waals surface area contributed by atoms with Crippen molar-refractivity contribution in [2.24, 2.45) is 0 Å². The Labute approximate surface area is 212 Å². The van der Waals surface area contributed by atoms with Crippen molar-refractivity contribution in [2.75, 3.05) is 50.9 Å². The summed E-state index contributed by atoms with van der Waals surface area (Å²) in [5.41, 5.74) is 2.15. The molecule has 0 aliphatic rings. The smallest absolute Gasteiger partial charge is 0.243 e. The number of carbonyl (C=O) groups is 2. The molecule has 0 aliphatic heterocycles. The highest BCUT2D eigenvalue weighted by molar-refractivity contribution is 5.88. The van der Waals surface area contributed by atoms with Gasteiger partial charge in [0.2, 0.25) is 17.8 Å². The first kappa shape index (κ1) is 28.0. The molecular weight excluding hydrogens is 456 g/mol. The largest absolute Gasteiger partial charge is 0.369 e. The third-order valence-corrected chi connectivity index (χ3v) is 4.74. The summed E-state index contributed by atoms with van der Waals surface area (Å²) in [6, 6.07) is 9.13. The fourth-order valence-electron chi connectivity index (χ4n) is 2.89. The second-order valence-electron chi connectivity index (χ2n) is 8.15. The maximum atomic E-state index is 12.0. The van der Waals surface area contributed by atoms with Gasteiger partial charge in [-0.25, -0.2) is 4.98 Å². The molecule has 0 radical (unpaired) electrons. The van der Waals surface area contributed by atoms with E-state index in [0.29, 0.717) is 30.4 Å². The van der Waals surface area contributed by atoms with Gasteiger partial charge in [0, 0.05) is 56.1 Å². The molecule has 190 valence electrons. The highest BCUT2D eigenvalue weighted by Crippen LogP contribution is 2.19. The number of aromatic nitrogens is 2. The van der Waals surface area contributed by atoms with Crippen LogP contribution in [0.25, 0.3) is 6.08 Å². The molecule has 2 aromatic rings. The molecule has 4 N–H and O–H groups in total. The Hall–Kier alpha value is -4.23. The van der Waals surface area contributed by atoms with Gasteiger partial charge in [0.15, 0.2) is 0 Å². The first-order valence-corrected chi connectivity index (χ1v) is 11.8. The van der Waals surface area contributed by atoms with E-state index in [9.17, 15) is 9.59 Å². The van der Waals surface area contributed by atoms with Crippen molar-refractivity contribution in [3.8, 4) is 6.07 Å². The van der Waals surface area contributed by atoms with Crippen LogP contribution in [0, 0.1) is 11.3 Å². The number of hydrogen-bond acceptors (Lipinski definition) is 8. The van der Waals surface area contributed by atoms with Crippen LogP contribution in [0.4, 0.5) is 17.5 Å². The van der Waals surface area contributed by atoms with Crippen LogP contribution >= 0.6 is 0 Å². The predicted molar refractivity (Wildman–Crippen MR) is 143 cm³/mol. The summed E-state index contributed by atoms with van der Waals surface area (Å²) >= 11 is 0. The van der Waals surface area contributed by atoms with E-state index in [4.69, 9.17) is 5.26 Å². The van der Waals surface area contributed by atoms with E-state index >= 15 is 0 Å². The Morgan fingerprint density at radius 3 is 2.58 bits per heavy atom. The third-order valence-electron chi connectivity index (χ3n) is 4.74. The van der Waals surface area contributed by atoms with Crippen LogP contribution < -0.4 is 21.3 Å². The number of likely N-dealkylation sites (N-methyl/N-ethyl adjacent to an activating group) is 1. The Balaban J connectivity index is 1.85. The lowest BCUT2D eigenvalue weighted by Crippen LogP contribution is -2.30. The molecule has 1 aromatic carbocycles. The van der Waals surface area contributed by atoms with E-state index in [1.54, 1.807) is 36.5 Å². The number of anilines is 3. The van der Waals surface area contributed by atoms with Crippen molar-refractivity contribution in [2.45, 2.75) is 19.8 Å². The van der Waals surface area contributed by atoms with Gasteiger partial charge in [-0.3, -0.25) is 9.59 Å². The molecule has 0 spiro atoms. The van der Waals surface area contributed by atoms with E-state index in [1.807, 2.05) is 31.1 Å². The Morgan fingerprint density at radius 1 is 1.11 bits per heavy atom. The number of nitriles is 1. The van der Waals surface area contributed by atoms with Gasteiger partial charge in [-0.15, -0.1) is 0 Å². The molecule has 10 heteroatoms. The zero-order valence-electron chi connectivity index (χ0n) is 21.0. The van der Waals surface area contributed by atoms with E-state index in [-0.39, 0.29) is 24.8 Å². The van der Waals surface area contributed by atoms with Crippen LogP contribution in [0.15, 0.2) is 48.7 Å². The minimum absolute atomic E-state index is 0.153. The number of amides is 2. The highest BCUT2D eigenvalue weighted by Gasteiger charge is 2.06. The van der Waals surface area contributed by atoms with Crippen molar-refractivity contribution < 1.29 is 9.59 Å². The molecule has 10 nitrogen and oxygen atoms in total. The van der Waals surface area contributed by atoms with Crippen LogP contribution in [0.2, 0.25) is 0 Å². The monoisotopic (exact) mass is 490 g/mol. The summed E-state index contributed by atoms with van der Waals surface area (Å²) < 4.78 is 0. The van der Waals surface area contributed by atoms with Gasteiger partial charge in [0.1, 0.15) is 5.82 Å². The van der Waals surface area contributed by atoms with Gasteiger partial charge in [-0.2, -0.15) is 10.2 Å². The minimum Gasteiger partial charge on any atom is -0.369 e. The maximum absolute atomic E-state index is 12.0. The molecule has 2 amide bonds. The molecule has 0 unspecified atom stereocenters. The van der Waals surface area contributed by atoms with Crippen LogP contribution in [0.3, 0.4) is 0 Å². The normalized spacial score (nSPS) is 11.0. The summed E-state index contributed by atoms with van der Waals surface area (Å²) in [6.45, 7) is 4.11. The van der Waals surface area contributed by atoms with E-state index < -0.39 is 0 Å². The second-order valence-corrected chi connectivity index (χ2v) is 8.15. The third kappa shape index (κ3) is 10.8. The number of nitrogens with zero attached hydrogens (tertiary/aromatic N) is 4. The van der Waals surface area contributed by atoms with Crippen molar-refractivity contribution in [3.63, 3.8) is 0 Å². The fourth-order valence-corrected chi connectivity index (χ4v) is 2.89. The van der Waals surface area contributed by atoms with Crippen LogP contribution in [-0.4, -0.2) is 67.0 Å². The molecule has 0 bridgehead atoms. The average molecular weight is 491 g/mol. The Morgan fingerprint density at radius 2 is 1.89 bits per heavy atom. The van der Waals surface area contributed by atoms with Crippen LogP contribution in [0.5, 0.6) is 0 Å². The van der Waals surface area contributed by atoms with Crippen molar-refractivity contribution >= 4 is 35.3 Å². The van der Waals surface area contributed by atoms with Gasteiger partial charge in [0.05, 0.1) is 11.6 Å². The highest BCUT2D eigenvalue weighted by atomic mass is 16.2. The minimum atomic E-state index is -0.214. The van der Waals surface area contributed by atoms with Gasteiger partial charge in [-0.05, 0) is 44.8 Å². The number of carbonyl (C=O) groups excluding carboxylic acids is 2. The quantitative estimate of drug-likeness (QED) is 0.297. The molecule has 1 aromatic heterocycles. The van der Waals surface area contributed by atoms with E-state index in [0.717, 1.165) is 24.2 Å². The summed E-state index contributed by atoms with van der Waals surface area (Å²) in [5.74, 6) is 0.742. The lowest BCUT2D eigenvalue weighted by molar-refractivity contribution is -0.121. The first-order valence-electron chi connectivity index (χ1n) is 11.8. The summed E-state index contributed by atoms with van der Waals surface area (Å²) in [5, 5.41) is 20.9. The van der Waals surface area contributed by atoms with E-state index in [1.165, 1.54) is 6.08 Å². The fraction of sp³-hybridized carbons (Fsp3) is 0.346. The number of nitrogens with one attached hydrogen (secondary N) is 4. The van der Waals surface area contributed by atoms with Gasteiger partial charge in [-0.1, -0.05) is 25.2 Å². The molecule has 36 heavy (non-hydrogen) atoms. The van der Waals surface area contributed by atoms with E-state index in [2.05, 4.69) is 44.2 Å². The summed E-state index contributed by atoms with van der Waals surface area (Å²) in [7, 11) is 3.84. The maximum Gasteiger partial charge on any atom is 0.243 e. The molecule has 0 atom stereocenters. The van der Waals surface area contributed by atoms with Gasteiger partial charge >= 0.3 is 0 Å². The number of rotatable bonds is 14. The molecule has 2 rings (SSSR count). The summed E-state index contributed by atoms with van der Waals surface area (Å²) in [4.78, 5) is 34.6. The molecule has 0 fully saturated rings. The number of benzene rings is 1. The summed E-state index contributed by atoms with van der Waals surface area (Å²) in [6.07, 6.45) is 9.74. The van der Waals surface area contributed by atoms with Gasteiger partial charge < -0.3 is 26.2 Å². The molecule has 1 heterocycles. The van der Waals surface area contributed by atoms with Crippen LogP contribution in [0.1, 0.15) is 30.9 Å². The van der Waals surface area contributed by atoms with Crippen molar-refractivity contribution in [1.82, 2.24) is 25.5 Å². The standard InChI is InChI=1S/C26H34N8O2/c1-4-14-30-25-21(19-31-26(33-25)32-22-11-9-20(18-27)10-12-22)7-5-15-28-24(36)13-16-29-23(35)8-6-17-34(2)3/h5-12,19H,4,13-17H2,1-3H3,(H,28,36)(H,29,35)(H2,30,31,32,33). The SMILES string of the molecule is CCCNc1nc(Nc2ccc(C#N)cc2)ncc1C=CCNC(=O)CCNC(=O)C=CCN(C)C. The van der Waals surface area contributed by atoms with Crippen LogP contribution in [-0.2, 0) is 9.59 Å². The number of hydrogen-bond donors (Lipinski definition) is 4. The van der Waals surface area contributed by atoms with Crippen molar-refractivity contribution in [1.29, 1.82) is 5.26 Å². The zero-order valence-corrected chi connectivity index (χ0v) is 21.0. The molecule has 0 aliphatic carbocycles.